The molecule has 20 heavy (non-hydrogen) atoms. The van der Waals surface area contributed by atoms with Crippen molar-refractivity contribution in [1.82, 2.24) is 5.32 Å². The van der Waals surface area contributed by atoms with Crippen LogP contribution < -0.4 is 5.32 Å². The molecule has 0 spiro atoms. The first-order chi connectivity index (χ1) is 9.61. The smallest absolute Gasteiger partial charge is 0.222 e. The number of halogens is 1. The highest BCUT2D eigenvalue weighted by Crippen LogP contribution is 2.12. The minimum atomic E-state index is -0.00283. The normalized spacial score (nSPS) is 12.2. The number of carbonyl (C=O) groups excluding carboxylic acids is 1. The quantitative estimate of drug-likeness (QED) is 0.713. The molecule has 0 aliphatic carbocycles. The second-order valence-electron chi connectivity index (χ2n) is 4.66. The fraction of sp³-hybridized carbons (Fsp3) is 0.533. The lowest BCUT2D eigenvalue weighted by molar-refractivity contribution is -0.122. The van der Waals surface area contributed by atoms with Gasteiger partial charge in [-0.15, -0.1) is 0 Å². The Hall–Kier alpha value is -1.10. The maximum absolute atomic E-state index is 11.7. The lowest BCUT2D eigenvalue weighted by Gasteiger charge is -2.14. The summed E-state index contributed by atoms with van der Waals surface area (Å²) in [5, 5.41) is 3.66. The molecule has 1 N–H and O–H groups in total. The van der Waals surface area contributed by atoms with Gasteiger partial charge in [-0.1, -0.05) is 23.7 Å². The number of nitrogens with one attached hydrogen (secondary N) is 1. The van der Waals surface area contributed by atoms with Crippen molar-refractivity contribution in [2.45, 2.75) is 25.8 Å². The largest absolute Gasteiger partial charge is 0.382 e. The molecule has 0 unspecified atom stereocenters. The van der Waals surface area contributed by atoms with E-state index in [0.29, 0.717) is 31.3 Å². The molecule has 1 atom stereocenters. The van der Waals surface area contributed by atoms with Crippen molar-refractivity contribution in [3.8, 4) is 0 Å². The summed E-state index contributed by atoms with van der Waals surface area (Å²) in [6, 6.07) is 7.74. The van der Waals surface area contributed by atoms with Gasteiger partial charge in [0, 0.05) is 24.6 Å². The lowest BCUT2D eigenvalue weighted by Crippen LogP contribution is -2.34. The second kappa shape index (κ2) is 9.75. The molecule has 112 valence electrons. The third kappa shape index (κ3) is 7.48. The van der Waals surface area contributed by atoms with E-state index in [1.54, 1.807) is 7.11 Å². The Morgan fingerprint density at radius 2 is 2.15 bits per heavy atom. The molecule has 0 bridgehead atoms. The van der Waals surface area contributed by atoms with Gasteiger partial charge in [-0.2, -0.15) is 0 Å². The zero-order valence-electron chi connectivity index (χ0n) is 12.0. The number of ether oxygens (including phenoxy) is 2. The highest BCUT2D eigenvalue weighted by Gasteiger charge is 2.08. The third-order valence-electron chi connectivity index (χ3n) is 2.74. The van der Waals surface area contributed by atoms with E-state index < -0.39 is 0 Å². The average molecular weight is 300 g/mol. The van der Waals surface area contributed by atoms with E-state index >= 15 is 0 Å². The summed E-state index contributed by atoms with van der Waals surface area (Å²) in [5.74, 6) is -0.00283. The van der Waals surface area contributed by atoms with Crippen LogP contribution in [-0.4, -0.2) is 38.9 Å². The van der Waals surface area contributed by atoms with E-state index in [2.05, 4.69) is 5.32 Å². The minimum Gasteiger partial charge on any atom is -0.382 e. The minimum absolute atomic E-state index is 0.00283. The van der Waals surface area contributed by atoms with E-state index in [1.165, 1.54) is 0 Å². The van der Waals surface area contributed by atoms with E-state index in [4.69, 9.17) is 21.1 Å². The molecule has 0 radical (unpaired) electrons. The molecule has 0 aromatic heterocycles. The van der Waals surface area contributed by atoms with Crippen LogP contribution >= 0.6 is 11.6 Å². The zero-order chi connectivity index (χ0) is 14.8. The van der Waals surface area contributed by atoms with Gasteiger partial charge in [0.1, 0.15) is 0 Å². The summed E-state index contributed by atoms with van der Waals surface area (Å²) < 4.78 is 10.1. The molecule has 0 saturated heterocycles. The predicted octanol–water partition coefficient (Wildman–Crippen LogP) is 2.44. The van der Waals surface area contributed by atoms with Crippen molar-refractivity contribution in [2.75, 3.05) is 26.9 Å². The molecule has 0 heterocycles. The van der Waals surface area contributed by atoms with Crippen LogP contribution in [0.15, 0.2) is 24.3 Å². The van der Waals surface area contributed by atoms with E-state index in [-0.39, 0.29) is 11.9 Å². The number of rotatable bonds is 9. The Labute approximate surface area is 125 Å². The molecule has 1 rings (SSSR count). The van der Waals surface area contributed by atoms with Crippen LogP contribution in [0.5, 0.6) is 0 Å². The number of benzene rings is 1. The van der Waals surface area contributed by atoms with Crippen LogP contribution in [0, 0.1) is 0 Å². The first kappa shape index (κ1) is 17.0. The van der Waals surface area contributed by atoms with Gasteiger partial charge < -0.3 is 14.8 Å². The Bertz CT molecular complexity index is 412. The number of carbonyl (C=O) groups is 1. The van der Waals surface area contributed by atoms with Crippen molar-refractivity contribution >= 4 is 17.5 Å². The topological polar surface area (TPSA) is 47.6 Å². The van der Waals surface area contributed by atoms with E-state index in [1.807, 2.05) is 31.2 Å². The van der Waals surface area contributed by atoms with Crippen molar-refractivity contribution in [3.05, 3.63) is 34.9 Å². The van der Waals surface area contributed by atoms with Crippen molar-refractivity contribution in [1.29, 1.82) is 0 Å². The fourth-order valence-corrected chi connectivity index (χ4v) is 2.04. The van der Waals surface area contributed by atoms with E-state index in [0.717, 1.165) is 12.0 Å². The van der Waals surface area contributed by atoms with Crippen LogP contribution in [0.3, 0.4) is 0 Å². The molecule has 1 aromatic carbocycles. The Balaban J connectivity index is 2.21. The molecular weight excluding hydrogens is 278 g/mol. The molecule has 1 aromatic rings. The lowest BCUT2D eigenvalue weighted by atomic mass is 10.1. The van der Waals surface area contributed by atoms with Gasteiger partial charge in [0.15, 0.2) is 0 Å². The third-order valence-corrected chi connectivity index (χ3v) is 2.98. The number of hydrogen-bond donors (Lipinski definition) is 1. The fourth-order valence-electron chi connectivity index (χ4n) is 1.82. The van der Waals surface area contributed by atoms with Gasteiger partial charge >= 0.3 is 0 Å². The number of amides is 1. The van der Waals surface area contributed by atoms with Gasteiger partial charge in [0.05, 0.1) is 19.8 Å². The van der Waals surface area contributed by atoms with Gasteiger partial charge in [-0.3, -0.25) is 4.79 Å². The second-order valence-corrected chi connectivity index (χ2v) is 5.09. The molecule has 0 saturated carbocycles. The molecule has 0 aliphatic rings. The van der Waals surface area contributed by atoms with E-state index in [9.17, 15) is 4.79 Å². The highest BCUT2D eigenvalue weighted by atomic mass is 35.5. The van der Waals surface area contributed by atoms with Crippen molar-refractivity contribution in [2.24, 2.45) is 0 Å². The Morgan fingerprint density at radius 3 is 2.85 bits per heavy atom. The average Bonchev–Trinajstić information content (AvgIpc) is 2.38. The summed E-state index contributed by atoms with van der Waals surface area (Å²) in [5.41, 5.74) is 1.11. The van der Waals surface area contributed by atoms with Gasteiger partial charge in [0.25, 0.3) is 0 Å². The maximum Gasteiger partial charge on any atom is 0.222 e. The summed E-state index contributed by atoms with van der Waals surface area (Å²) in [7, 11) is 1.62. The molecule has 1 amide bonds. The maximum atomic E-state index is 11.7. The van der Waals surface area contributed by atoms with Gasteiger partial charge in [-0.25, -0.2) is 0 Å². The van der Waals surface area contributed by atoms with Crippen LogP contribution in [0.25, 0.3) is 0 Å². The summed E-state index contributed by atoms with van der Waals surface area (Å²) in [6.07, 6.45) is 1.13. The molecule has 0 fully saturated rings. The first-order valence-electron chi connectivity index (χ1n) is 6.72. The number of methoxy groups -OCH3 is 1. The van der Waals surface area contributed by atoms with Crippen LogP contribution in [0.4, 0.5) is 0 Å². The summed E-state index contributed by atoms with van der Waals surface area (Å²) in [6.45, 7) is 3.46. The van der Waals surface area contributed by atoms with Crippen LogP contribution in [-0.2, 0) is 20.7 Å². The summed E-state index contributed by atoms with van der Waals surface area (Å²) >= 11 is 5.93. The molecular formula is C15H22ClNO3. The Morgan fingerprint density at radius 1 is 1.35 bits per heavy atom. The first-order valence-corrected chi connectivity index (χ1v) is 7.10. The molecule has 0 aliphatic heterocycles. The van der Waals surface area contributed by atoms with Crippen molar-refractivity contribution < 1.29 is 14.3 Å². The van der Waals surface area contributed by atoms with Crippen LogP contribution in [0.2, 0.25) is 5.02 Å². The summed E-state index contributed by atoms with van der Waals surface area (Å²) in [4.78, 5) is 11.7. The highest BCUT2D eigenvalue weighted by molar-refractivity contribution is 6.30. The zero-order valence-corrected chi connectivity index (χ0v) is 12.8. The Kier molecular flexibility index (Phi) is 8.26. The molecule has 4 nitrogen and oxygen atoms in total. The van der Waals surface area contributed by atoms with Crippen molar-refractivity contribution in [3.63, 3.8) is 0 Å². The standard InChI is InChI=1S/C15H22ClNO3/c1-12(10-13-4-3-5-14(16)11-13)17-15(18)6-7-20-9-8-19-2/h3-5,11-12H,6-10H2,1-2H3,(H,17,18)/t12-/m0/s1. The van der Waals surface area contributed by atoms with Crippen LogP contribution in [0.1, 0.15) is 18.9 Å². The molecule has 5 heteroatoms. The number of hydrogen-bond acceptors (Lipinski definition) is 3. The van der Waals surface area contributed by atoms with Gasteiger partial charge in [0.2, 0.25) is 5.91 Å². The predicted molar refractivity (Wildman–Crippen MR) is 80.1 cm³/mol. The monoisotopic (exact) mass is 299 g/mol. The SMILES string of the molecule is COCCOCCC(=O)N[C@@H](C)Cc1cccc(Cl)c1. The van der Waals surface area contributed by atoms with Gasteiger partial charge in [-0.05, 0) is 31.0 Å².